The van der Waals surface area contributed by atoms with Crippen molar-refractivity contribution in [3.05, 3.63) is 0 Å². The van der Waals surface area contributed by atoms with E-state index < -0.39 is 0 Å². The Kier molecular flexibility index (Phi) is 2.56. The number of hydrogen-bond donors (Lipinski definition) is 1. The van der Waals surface area contributed by atoms with Crippen LogP contribution in [0.2, 0.25) is 0 Å². The van der Waals surface area contributed by atoms with E-state index >= 15 is 0 Å². The van der Waals surface area contributed by atoms with Crippen molar-refractivity contribution < 1.29 is 0 Å². The molecule has 2 heteroatoms. The lowest BCUT2D eigenvalue weighted by Gasteiger charge is -2.35. The van der Waals surface area contributed by atoms with Crippen LogP contribution < -0.4 is 5.32 Å². The Morgan fingerprint density at radius 2 is 2.00 bits per heavy atom. The zero-order valence-electron chi connectivity index (χ0n) is 10.9. The zero-order valence-corrected chi connectivity index (χ0v) is 10.9. The predicted molar refractivity (Wildman–Crippen MR) is 67.5 cm³/mol. The highest BCUT2D eigenvalue weighted by atomic mass is 15.2. The summed E-state index contributed by atoms with van der Waals surface area (Å²) in [5, 5.41) is 3.81. The Morgan fingerprint density at radius 1 is 1.25 bits per heavy atom. The molecule has 1 saturated heterocycles. The number of hydrogen-bond acceptors (Lipinski definition) is 2. The molecule has 2 aliphatic carbocycles. The number of nitrogens with one attached hydrogen (secondary N) is 1. The summed E-state index contributed by atoms with van der Waals surface area (Å²) < 4.78 is 0. The zero-order chi connectivity index (χ0) is 11.2. The van der Waals surface area contributed by atoms with Gasteiger partial charge in [0.05, 0.1) is 0 Å². The van der Waals surface area contributed by atoms with Crippen molar-refractivity contribution in [3.8, 4) is 0 Å². The van der Waals surface area contributed by atoms with E-state index in [0.29, 0.717) is 11.0 Å². The van der Waals surface area contributed by atoms with Crippen LogP contribution in [-0.2, 0) is 0 Å². The molecule has 3 fully saturated rings. The first kappa shape index (κ1) is 11.0. The SMILES string of the molecule is CC1(CN2CCCNC(C)(C3CC3)C2)CC1. The van der Waals surface area contributed by atoms with Gasteiger partial charge in [-0.15, -0.1) is 0 Å². The Bertz CT molecular complexity index is 268. The molecular formula is C14H26N2. The Morgan fingerprint density at radius 3 is 2.62 bits per heavy atom. The molecular weight excluding hydrogens is 196 g/mol. The minimum atomic E-state index is 0.418. The van der Waals surface area contributed by atoms with Crippen LogP contribution in [0, 0.1) is 11.3 Å². The van der Waals surface area contributed by atoms with Gasteiger partial charge in [0, 0.05) is 18.6 Å². The highest BCUT2D eigenvalue weighted by Gasteiger charge is 2.45. The molecule has 1 unspecified atom stereocenters. The van der Waals surface area contributed by atoms with Crippen LogP contribution in [0.4, 0.5) is 0 Å². The first-order valence-corrected chi connectivity index (χ1v) is 7.07. The van der Waals surface area contributed by atoms with Gasteiger partial charge in [0.15, 0.2) is 0 Å². The fourth-order valence-corrected chi connectivity index (χ4v) is 3.32. The molecule has 16 heavy (non-hydrogen) atoms. The van der Waals surface area contributed by atoms with E-state index in [1.165, 1.54) is 58.3 Å². The van der Waals surface area contributed by atoms with E-state index in [1.807, 2.05) is 0 Å². The van der Waals surface area contributed by atoms with Gasteiger partial charge in [-0.3, -0.25) is 0 Å². The first-order valence-electron chi connectivity index (χ1n) is 7.07. The van der Waals surface area contributed by atoms with Crippen LogP contribution in [-0.4, -0.2) is 36.6 Å². The second-order valence-corrected chi connectivity index (χ2v) is 6.99. The summed E-state index contributed by atoms with van der Waals surface area (Å²) in [7, 11) is 0. The van der Waals surface area contributed by atoms with Crippen LogP contribution >= 0.6 is 0 Å². The van der Waals surface area contributed by atoms with Crippen molar-refractivity contribution in [2.24, 2.45) is 11.3 Å². The van der Waals surface area contributed by atoms with Crippen molar-refractivity contribution in [1.29, 1.82) is 0 Å². The molecule has 3 rings (SSSR count). The third-order valence-electron chi connectivity index (χ3n) is 4.92. The van der Waals surface area contributed by atoms with E-state index in [9.17, 15) is 0 Å². The van der Waals surface area contributed by atoms with Gasteiger partial charge >= 0.3 is 0 Å². The summed E-state index contributed by atoms with van der Waals surface area (Å²) in [5.41, 5.74) is 1.09. The highest BCUT2D eigenvalue weighted by molar-refractivity contribution is 5.02. The molecule has 0 bridgehead atoms. The molecule has 0 aromatic carbocycles. The fourth-order valence-electron chi connectivity index (χ4n) is 3.32. The van der Waals surface area contributed by atoms with E-state index in [2.05, 4.69) is 24.1 Å². The molecule has 1 heterocycles. The summed E-state index contributed by atoms with van der Waals surface area (Å²) in [6.45, 7) is 10.1. The van der Waals surface area contributed by atoms with Crippen LogP contribution in [0.25, 0.3) is 0 Å². The largest absolute Gasteiger partial charge is 0.310 e. The minimum absolute atomic E-state index is 0.418. The molecule has 0 amide bonds. The Hall–Kier alpha value is -0.0800. The van der Waals surface area contributed by atoms with Gasteiger partial charge in [-0.25, -0.2) is 0 Å². The Labute approximate surface area is 99.8 Å². The standard InChI is InChI=1S/C14H26N2/c1-13(6-7-13)10-16-9-3-8-15-14(2,11-16)12-4-5-12/h12,15H,3-11H2,1-2H3. The van der Waals surface area contributed by atoms with Crippen LogP contribution in [0.5, 0.6) is 0 Å². The molecule has 3 aliphatic rings. The average molecular weight is 222 g/mol. The van der Waals surface area contributed by atoms with Crippen LogP contribution in [0.1, 0.15) is 46.0 Å². The lowest BCUT2D eigenvalue weighted by Crippen LogP contribution is -2.51. The molecule has 1 aliphatic heterocycles. The minimum Gasteiger partial charge on any atom is -0.310 e. The second kappa shape index (κ2) is 3.71. The molecule has 0 spiro atoms. The maximum Gasteiger partial charge on any atom is 0.0308 e. The monoisotopic (exact) mass is 222 g/mol. The third kappa shape index (κ3) is 2.28. The topological polar surface area (TPSA) is 15.3 Å². The maximum absolute atomic E-state index is 3.81. The molecule has 2 nitrogen and oxygen atoms in total. The van der Waals surface area contributed by atoms with Gasteiger partial charge in [-0.2, -0.15) is 0 Å². The van der Waals surface area contributed by atoms with Gasteiger partial charge in [0.2, 0.25) is 0 Å². The lowest BCUT2D eigenvalue weighted by molar-refractivity contribution is 0.175. The first-order chi connectivity index (χ1) is 7.60. The quantitative estimate of drug-likeness (QED) is 0.788. The van der Waals surface area contributed by atoms with Crippen molar-refractivity contribution in [3.63, 3.8) is 0 Å². The maximum atomic E-state index is 3.81. The van der Waals surface area contributed by atoms with Crippen molar-refractivity contribution in [2.45, 2.75) is 51.5 Å². The van der Waals surface area contributed by atoms with E-state index in [4.69, 9.17) is 0 Å². The lowest BCUT2D eigenvalue weighted by atomic mass is 9.95. The summed E-state index contributed by atoms with van der Waals surface area (Å²) in [5.74, 6) is 0.958. The van der Waals surface area contributed by atoms with Crippen molar-refractivity contribution in [1.82, 2.24) is 10.2 Å². The van der Waals surface area contributed by atoms with Gasteiger partial charge in [-0.05, 0) is 63.5 Å². The summed E-state index contributed by atoms with van der Waals surface area (Å²) >= 11 is 0. The highest BCUT2D eigenvalue weighted by Crippen LogP contribution is 2.46. The second-order valence-electron chi connectivity index (χ2n) is 6.99. The van der Waals surface area contributed by atoms with Gasteiger partial charge in [0.1, 0.15) is 0 Å². The molecule has 0 aromatic heterocycles. The molecule has 0 radical (unpaired) electrons. The normalized spacial score (nSPS) is 39.4. The van der Waals surface area contributed by atoms with Crippen molar-refractivity contribution >= 4 is 0 Å². The molecule has 1 atom stereocenters. The smallest absolute Gasteiger partial charge is 0.0308 e. The summed E-state index contributed by atoms with van der Waals surface area (Å²) in [6.07, 6.45) is 7.15. The van der Waals surface area contributed by atoms with Gasteiger partial charge in [0.25, 0.3) is 0 Å². The van der Waals surface area contributed by atoms with Crippen molar-refractivity contribution in [2.75, 3.05) is 26.2 Å². The van der Waals surface area contributed by atoms with E-state index in [0.717, 1.165) is 5.92 Å². The summed E-state index contributed by atoms with van der Waals surface area (Å²) in [4.78, 5) is 2.74. The summed E-state index contributed by atoms with van der Waals surface area (Å²) in [6, 6.07) is 0. The van der Waals surface area contributed by atoms with Crippen LogP contribution in [0.3, 0.4) is 0 Å². The van der Waals surface area contributed by atoms with E-state index in [1.54, 1.807) is 0 Å². The molecule has 0 aromatic rings. The van der Waals surface area contributed by atoms with Gasteiger partial charge < -0.3 is 10.2 Å². The molecule has 92 valence electrons. The average Bonchev–Trinajstić information content (AvgIpc) is 3.04. The number of nitrogens with zero attached hydrogens (tertiary/aromatic N) is 1. The number of rotatable bonds is 3. The predicted octanol–water partition coefficient (Wildman–Crippen LogP) is 2.25. The Balaban J connectivity index is 1.64. The fraction of sp³-hybridized carbons (Fsp3) is 1.00. The molecule has 2 saturated carbocycles. The third-order valence-corrected chi connectivity index (χ3v) is 4.92. The van der Waals surface area contributed by atoms with Crippen LogP contribution in [0.15, 0.2) is 0 Å². The van der Waals surface area contributed by atoms with Gasteiger partial charge in [-0.1, -0.05) is 6.92 Å². The molecule has 1 N–H and O–H groups in total. The van der Waals surface area contributed by atoms with E-state index in [-0.39, 0.29) is 0 Å².